The fourth-order valence-electron chi connectivity index (χ4n) is 5.85. The number of carbonyl (C=O) groups excluding carboxylic acids is 1. The minimum absolute atomic E-state index is 0.126. The van der Waals surface area contributed by atoms with E-state index < -0.39 is 0 Å². The summed E-state index contributed by atoms with van der Waals surface area (Å²) in [6, 6.07) is 14.3. The van der Waals surface area contributed by atoms with Crippen molar-refractivity contribution in [1.29, 1.82) is 0 Å². The van der Waals surface area contributed by atoms with Crippen molar-refractivity contribution in [2.75, 3.05) is 31.1 Å². The molecule has 1 heterocycles. The van der Waals surface area contributed by atoms with Crippen LogP contribution in [-0.2, 0) is 6.42 Å². The van der Waals surface area contributed by atoms with Crippen LogP contribution in [0.15, 0.2) is 42.5 Å². The van der Waals surface area contributed by atoms with Gasteiger partial charge in [0.15, 0.2) is 0 Å². The molecule has 1 amide bonds. The average Bonchev–Trinajstić information content (AvgIpc) is 3.16. The summed E-state index contributed by atoms with van der Waals surface area (Å²) in [4.78, 5) is 15.6. The van der Waals surface area contributed by atoms with Crippen LogP contribution in [0, 0.1) is 0 Å². The van der Waals surface area contributed by atoms with Crippen LogP contribution in [0.2, 0.25) is 10.0 Å². The number of hydrogen-bond acceptors (Lipinski definition) is 3. The second kappa shape index (κ2) is 9.85. The van der Waals surface area contributed by atoms with Gasteiger partial charge in [0.2, 0.25) is 0 Å². The quantitative estimate of drug-likeness (QED) is 0.392. The Bertz CT molecular complexity index is 1300. The molecule has 182 valence electrons. The van der Waals surface area contributed by atoms with Gasteiger partial charge in [0.25, 0.3) is 5.91 Å². The number of amides is 1. The van der Waals surface area contributed by atoms with Crippen LogP contribution in [0.1, 0.15) is 59.7 Å². The maximum Gasteiger partial charge on any atom is 0.251 e. The second-order valence-corrected chi connectivity index (χ2v) is 10.3. The molecular formula is C29H31Cl2N3O. The Balaban J connectivity index is 1.96. The lowest BCUT2D eigenvalue weighted by Crippen LogP contribution is -2.45. The number of fused-ring (bicyclic) bond motifs is 3. The maximum atomic E-state index is 13.3. The SMILES string of the molecule is CCCCc1c(C(N)=O)c(N2CCNCC2)c2c(c1-c1cccc(Cl)c1Cl)-c1ccccc1C2C. The van der Waals surface area contributed by atoms with Crippen molar-refractivity contribution in [3.8, 4) is 22.3 Å². The highest BCUT2D eigenvalue weighted by Gasteiger charge is 2.38. The maximum absolute atomic E-state index is 13.3. The van der Waals surface area contributed by atoms with Crippen LogP contribution in [0.3, 0.4) is 0 Å². The van der Waals surface area contributed by atoms with Crippen LogP contribution in [-0.4, -0.2) is 32.1 Å². The summed E-state index contributed by atoms with van der Waals surface area (Å²) in [5.74, 6) is -0.254. The molecule has 0 radical (unpaired) electrons. The third kappa shape index (κ3) is 4.02. The number of nitrogens with one attached hydrogen (secondary N) is 1. The predicted octanol–water partition coefficient (Wildman–Crippen LogP) is 6.64. The van der Waals surface area contributed by atoms with Gasteiger partial charge in [-0.2, -0.15) is 0 Å². The second-order valence-electron chi connectivity index (χ2n) is 9.48. The number of nitrogens with two attached hydrogens (primary N) is 1. The number of benzene rings is 3. The molecule has 1 unspecified atom stereocenters. The largest absolute Gasteiger partial charge is 0.368 e. The molecule has 0 aromatic heterocycles. The minimum atomic E-state index is -0.380. The summed E-state index contributed by atoms with van der Waals surface area (Å²) in [7, 11) is 0. The number of piperazine rings is 1. The zero-order chi connectivity index (χ0) is 24.7. The zero-order valence-electron chi connectivity index (χ0n) is 20.3. The lowest BCUT2D eigenvalue weighted by molar-refractivity contribution is 0.0999. The van der Waals surface area contributed by atoms with E-state index >= 15 is 0 Å². The molecule has 1 saturated heterocycles. The highest BCUT2D eigenvalue weighted by atomic mass is 35.5. The van der Waals surface area contributed by atoms with Gasteiger partial charge in [-0.1, -0.05) is 79.9 Å². The predicted molar refractivity (Wildman–Crippen MR) is 147 cm³/mol. The van der Waals surface area contributed by atoms with Crippen LogP contribution in [0.5, 0.6) is 0 Å². The monoisotopic (exact) mass is 507 g/mol. The molecule has 3 aromatic carbocycles. The first-order chi connectivity index (χ1) is 17.0. The molecule has 3 aromatic rings. The lowest BCUT2D eigenvalue weighted by Gasteiger charge is -2.35. The van der Waals surface area contributed by atoms with E-state index in [1.807, 2.05) is 12.1 Å². The number of rotatable bonds is 6. The summed E-state index contributed by atoms with van der Waals surface area (Å²) in [5.41, 5.74) is 15.5. The summed E-state index contributed by atoms with van der Waals surface area (Å²) in [6.07, 6.45) is 2.70. The number of hydrogen-bond donors (Lipinski definition) is 2. The molecule has 6 heteroatoms. The van der Waals surface area contributed by atoms with Gasteiger partial charge in [-0.15, -0.1) is 0 Å². The van der Waals surface area contributed by atoms with E-state index in [0.717, 1.165) is 67.8 Å². The van der Waals surface area contributed by atoms with Gasteiger partial charge in [0.1, 0.15) is 0 Å². The molecule has 5 rings (SSSR count). The van der Waals surface area contributed by atoms with E-state index in [0.29, 0.717) is 15.6 Å². The molecule has 0 spiro atoms. The molecule has 1 aliphatic carbocycles. The Kier molecular flexibility index (Phi) is 6.80. The normalized spacial score (nSPS) is 16.8. The number of nitrogens with zero attached hydrogens (tertiary/aromatic N) is 1. The van der Waals surface area contributed by atoms with Crippen molar-refractivity contribution in [2.24, 2.45) is 5.73 Å². The Morgan fingerprint density at radius 1 is 1.06 bits per heavy atom. The van der Waals surface area contributed by atoms with Gasteiger partial charge >= 0.3 is 0 Å². The third-order valence-corrected chi connectivity index (χ3v) is 8.24. The van der Waals surface area contributed by atoms with Gasteiger partial charge in [0.05, 0.1) is 21.3 Å². The molecule has 0 saturated carbocycles. The fraction of sp³-hybridized carbons (Fsp3) is 0.345. The van der Waals surface area contributed by atoms with Crippen molar-refractivity contribution in [3.63, 3.8) is 0 Å². The number of primary amides is 1. The van der Waals surface area contributed by atoms with Gasteiger partial charge in [-0.3, -0.25) is 4.79 Å². The smallest absolute Gasteiger partial charge is 0.251 e. The van der Waals surface area contributed by atoms with Crippen molar-refractivity contribution in [1.82, 2.24) is 5.32 Å². The Morgan fingerprint density at radius 3 is 2.49 bits per heavy atom. The number of unbranched alkanes of at least 4 members (excludes halogenated alkanes) is 1. The van der Waals surface area contributed by atoms with Crippen molar-refractivity contribution in [2.45, 2.75) is 39.0 Å². The lowest BCUT2D eigenvalue weighted by atomic mass is 9.81. The van der Waals surface area contributed by atoms with E-state index in [4.69, 9.17) is 28.9 Å². The van der Waals surface area contributed by atoms with Crippen molar-refractivity contribution < 1.29 is 4.79 Å². The average molecular weight is 508 g/mol. The molecule has 2 aliphatic rings. The van der Waals surface area contributed by atoms with Gasteiger partial charge in [-0.25, -0.2) is 0 Å². The van der Waals surface area contributed by atoms with Crippen molar-refractivity contribution in [3.05, 3.63) is 74.8 Å². The number of anilines is 1. The third-order valence-electron chi connectivity index (χ3n) is 7.43. The Morgan fingerprint density at radius 2 is 1.77 bits per heavy atom. The Labute approximate surface area is 217 Å². The number of carbonyl (C=O) groups is 1. The van der Waals surface area contributed by atoms with E-state index in [1.54, 1.807) is 6.07 Å². The molecule has 3 N–H and O–H groups in total. The highest BCUT2D eigenvalue weighted by molar-refractivity contribution is 6.44. The van der Waals surface area contributed by atoms with Crippen molar-refractivity contribution >= 4 is 34.8 Å². The standard InChI is InChI=1S/C29H31Cl2N3O/c1-3-4-8-20-24(21-11-7-12-22(30)27(21)31)25-19-10-6-5-9-18(19)17(2)23(25)28(26(20)29(32)35)34-15-13-33-14-16-34/h5-7,9-12,17,33H,3-4,8,13-16H2,1-2H3,(H2,32,35). The van der Waals surface area contributed by atoms with Gasteiger partial charge in [0, 0.05) is 37.7 Å². The summed E-state index contributed by atoms with van der Waals surface area (Å²) >= 11 is 13.4. The fourth-order valence-corrected chi connectivity index (χ4v) is 6.24. The van der Waals surface area contributed by atoms with Crippen LogP contribution >= 0.6 is 23.2 Å². The molecule has 35 heavy (non-hydrogen) atoms. The summed E-state index contributed by atoms with van der Waals surface area (Å²) in [5, 5.41) is 4.45. The van der Waals surface area contributed by atoms with E-state index in [2.05, 4.69) is 48.3 Å². The molecule has 1 fully saturated rings. The van der Waals surface area contributed by atoms with E-state index in [1.165, 1.54) is 22.3 Å². The molecular weight excluding hydrogens is 477 g/mol. The van der Waals surface area contributed by atoms with Crippen LogP contribution < -0.4 is 16.0 Å². The van der Waals surface area contributed by atoms with E-state index in [9.17, 15) is 4.79 Å². The first-order valence-electron chi connectivity index (χ1n) is 12.5. The molecule has 1 aliphatic heterocycles. The first kappa shape index (κ1) is 24.2. The first-order valence-corrected chi connectivity index (χ1v) is 13.2. The molecule has 4 nitrogen and oxygen atoms in total. The number of halogens is 2. The Hall–Kier alpha value is -2.53. The molecule has 0 bridgehead atoms. The topological polar surface area (TPSA) is 58.4 Å². The van der Waals surface area contributed by atoms with Crippen LogP contribution in [0.4, 0.5) is 5.69 Å². The van der Waals surface area contributed by atoms with Gasteiger partial charge < -0.3 is 16.0 Å². The summed E-state index contributed by atoms with van der Waals surface area (Å²) < 4.78 is 0. The van der Waals surface area contributed by atoms with Gasteiger partial charge in [-0.05, 0) is 52.3 Å². The molecule has 1 atom stereocenters. The minimum Gasteiger partial charge on any atom is -0.368 e. The zero-order valence-corrected chi connectivity index (χ0v) is 21.8. The van der Waals surface area contributed by atoms with Crippen LogP contribution in [0.25, 0.3) is 22.3 Å². The summed E-state index contributed by atoms with van der Waals surface area (Å²) in [6.45, 7) is 7.82. The van der Waals surface area contributed by atoms with E-state index in [-0.39, 0.29) is 11.8 Å². The highest BCUT2D eigenvalue weighted by Crippen LogP contribution is 2.56.